The van der Waals surface area contributed by atoms with Crippen LogP contribution in [0.1, 0.15) is 29.3 Å². The number of esters is 2. The number of aryl methyl sites for hydroxylation is 1. The van der Waals surface area contributed by atoms with Gasteiger partial charge in [-0.05, 0) is 43.2 Å². The van der Waals surface area contributed by atoms with Gasteiger partial charge in [0.25, 0.3) is 5.91 Å². The Morgan fingerprint density at radius 2 is 1.85 bits per heavy atom. The second-order valence-corrected chi connectivity index (χ2v) is 7.83. The Morgan fingerprint density at radius 3 is 2.53 bits per heavy atom. The van der Waals surface area contributed by atoms with E-state index in [9.17, 15) is 14.4 Å². The van der Waals surface area contributed by atoms with Gasteiger partial charge >= 0.3 is 11.9 Å². The third-order valence-electron chi connectivity index (χ3n) is 4.74. The Morgan fingerprint density at radius 1 is 1.06 bits per heavy atom. The van der Waals surface area contributed by atoms with Crippen LogP contribution >= 0.6 is 11.3 Å². The van der Waals surface area contributed by atoms with Crippen molar-refractivity contribution in [2.45, 2.75) is 19.8 Å². The Hall–Kier alpha value is -3.79. The van der Waals surface area contributed by atoms with E-state index in [1.54, 1.807) is 43.7 Å². The van der Waals surface area contributed by atoms with Crippen LogP contribution in [0.5, 0.6) is 11.5 Å². The van der Waals surface area contributed by atoms with E-state index in [0.29, 0.717) is 29.2 Å². The molecule has 1 aromatic carbocycles. The molecule has 0 saturated heterocycles. The molecule has 0 fully saturated rings. The van der Waals surface area contributed by atoms with Gasteiger partial charge in [0.2, 0.25) is 0 Å². The first-order valence-electron chi connectivity index (χ1n) is 10.5. The van der Waals surface area contributed by atoms with Crippen molar-refractivity contribution < 1.29 is 37.7 Å². The number of hydrogen-bond acceptors (Lipinski definition) is 9. The summed E-state index contributed by atoms with van der Waals surface area (Å²) >= 11 is 1.15. The quantitative estimate of drug-likeness (QED) is 0.398. The molecule has 0 saturated carbocycles. The second kappa shape index (κ2) is 11.9. The average Bonchev–Trinajstić information content (AvgIpc) is 3.51. The zero-order chi connectivity index (χ0) is 24.5. The van der Waals surface area contributed by atoms with Gasteiger partial charge in [-0.25, -0.2) is 4.79 Å². The lowest BCUT2D eigenvalue weighted by Gasteiger charge is -2.10. The van der Waals surface area contributed by atoms with Crippen LogP contribution in [0.2, 0.25) is 0 Å². The molecule has 10 heteroatoms. The molecule has 0 spiro atoms. The number of anilines is 1. The number of furan rings is 1. The third kappa shape index (κ3) is 6.16. The van der Waals surface area contributed by atoms with Gasteiger partial charge < -0.3 is 28.7 Å². The van der Waals surface area contributed by atoms with E-state index in [-0.39, 0.29) is 23.6 Å². The van der Waals surface area contributed by atoms with E-state index in [1.165, 1.54) is 13.4 Å². The second-order valence-electron chi connectivity index (χ2n) is 6.95. The largest absolute Gasteiger partial charge is 0.493 e. The van der Waals surface area contributed by atoms with Crippen molar-refractivity contribution in [1.29, 1.82) is 0 Å². The predicted octanol–water partition coefficient (Wildman–Crippen LogP) is 4.32. The summed E-state index contributed by atoms with van der Waals surface area (Å²) in [5.41, 5.74) is 1.56. The topological polar surface area (TPSA) is 113 Å². The van der Waals surface area contributed by atoms with Gasteiger partial charge in [0.15, 0.2) is 18.1 Å². The van der Waals surface area contributed by atoms with E-state index < -0.39 is 24.5 Å². The van der Waals surface area contributed by atoms with Gasteiger partial charge in [-0.2, -0.15) is 0 Å². The van der Waals surface area contributed by atoms with Crippen molar-refractivity contribution in [3.63, 3.8) is 0 Å². The standard InChI is InChI=1S/C24H25NO8S/c1-4-31-24(28)22-16(17-6-5-11-32-17)14-34-23(22)25-20(26)13-33-21(27)10-8-15-7-9-18(29-2)19(12-15)30-3/h5-7,9,11-12,14H,4,8,10,13H2,1-3H3,(H,25,26). The number of carbonyl (C=O) groups excluding carboxylic acids is 3. The summed E-state index contributed by atoms with van der Waals surface area (Å²) < 4.78 is 26.0. The predicted molar refractivity (Wildman–Crippen MR) is 125 cm³/mol. The minimum absolute atomic E-state index is 0.0818. The van der Waals surface area contributed by atoms with Crippen LogP contribution in [-0.4, -0.2) is 45.3 Å². The molecule has 0 aliphatic heterocycles. The van der Waals surface area contributed by atoms with Crippen LogP contribution in [0.25, 0.3) is 11.3 Å². The lowest BCUT2D eigenvalue weighted by molar-refractivity contribution is -0.147. The molecule has 0 radical (unpaired) electrons. The summed E-state index contributed by atoms with van der Waals surface area (Å²) in [6, 6.07) is 8.76. The maximum atomic E-state index is 12.5. The van der Waals surface area contributed by atoms with Crippen LogP contribution in [0.15, 0.2) is 46.4 Å². The highest BCUT2D eigenvalue weighted by Gasteiger charge is 2.24. The highest BCUT2D eigenvalue weighted by Crippen LogP contribution is 2.36. The number of nitrogens with one attached hydrogen (secondary N) is 1. The van der Waals surface area contributed by atoms with Gasteiger partial charge in [-0.1, -0.05) is 6.07 Å². The fourth-order valence-corrected chi connectivity index (χ4v) is 4.09. The first-order valence-corrected chi connectivity index (χ1v) is 11.3. The minimum Gasteiger partial charge on any atom is -0.493 e. The lowest BCUT2D eigenvalue weighted by Crippen LogP contribution is -2.21. The number of thiophene rings is 1. The van der Waals surface area contributed by atoms with Crippen LogP contribution in [0.4, 0.5) is 5.00 Å². The zero-order valence-corrected chi connectivity index (χ0v) is 19.9. The molecule has 2 heterocycles. The van der Waals surface area contributed by atoms with Crippen molar-refractivity contribution in [1.82, 2.24) is 0 Å². The van der Waals surface area contributed by atoms with E-state index in [4.69, 9.17) is 23.4 Å². The Balaban J connectivity index is 1.57. The van der Waals surface area contributed by atoms with Gasteiger partial charge in [-0.15, -0.1) is 11.3 Å². The van der Waals surface area contributed by atoms with E-state index >= 15 is 0 Å². The number of carbonyl (C=O) groups is 3. The van der Waals surface area contributed by atoms with Crippen molar-refractivity contribution in [3.05, 3.63) is 53.1 Å². The molecular weight excluding hydrogens is 462 g/mol. The zero-order valence-electron chi connectivity index (χ0n) is 19.0. The van der Waals surface area contributed by atoms with Gasteiger partial charge in [0.05, 0.1) is 27.1 Å². The molecule has 0 aliphatic rings. The summed E-state index contributed by atoms with van der Waals surface area (Å²) in [4.78, 5) is 37.0. The van der Waals surface area contributed by atoms with Crippen molar-refractivity contribution >= 4 is 34.2 Å². The van der Waals surface area contributed by atoms with Crippen molar-refractivity contribution in [2.24, 2.45) is 0 Å². The van der Waals surface area contributed by atoms with Crippen LogP contribution in [0, 0.1) is 0 Å². The van der Waals surface area contributed by atoms with Crippen LogP contribution in [0.3, 0.4) is 0 Å². The van der Waals surface area contributed by atoms with Gasteiger partial charge in [0, 0.05) is 17.4 Å². The number of benzene rings is 1. The maximum absolute atomic E-state index is 12.5. The highest BCUT2D eigenvalue weighted by atomic mass is 32.1. The Bertz CT molecular complexity index is 1140. The van der Waals surface area contributed by atoms with E-state index in [0.717, 1.165) is 16.9 Å². The number of amides is 1. The SMILES string of the molecule is CCOC(=O)c1c(-c2ccco2)csc1NC(=O)COC(=O)CCc1ccc(OC)c(OC)c1. The van der Waals surface area contributed by atoms with Gasteiger partial charge in [0.1, 0.15) is 16.3 Å². The first kappa shape index (κ1) is 24.8. The van der Waals surface area contributed by atoms with Crippen molar-refractivity contribution in [3.8, 4) is 22.8 Å². The molecule has 9 nitrogen and oxygen atoms in total. The molecule has 1 amide bonds. The number of rotatable bonds is 11. The monoisotopic (exact) mass is 487 g/mol. The lowest BCUT2D eigenvalue weighted by atomic mass is 10.1. The van der Waals surface area contributed by atoms with Gasteiger partial charge in [-0.3, -0.25) is 9.59 Å². The summed E-state index contributed by atoms with van der Waals surface area (Å²) in [5.74, 6) is -0.0545. The summed E-state index contributed by atoms with van der Waals surface area (Å²) in [7, 11) is 3.08. The normalized spacial score (nSPS) is 10.4. The molecule has 0 unspecified atom stereocenters. The van der Waals surface area contributed by atoms with E-state index in [1.807, 2.05) is 6.07 Å². The van der Waals surface area contributed by atoms with Crippen LogP contribution in [-0.2, 0) is 25.5 Å². The summed E-state index contributed by atoms with van der Waals surface area (Å²) in [5, 5.41) is 4.60. The number of hydrogen-bond donors (Lipinski definition) is 1. The molecule has 0 atom stereocenters. The molecule has 2 aromatic heterocycles. The third-order valence-corrected chi connectivity index (χ3v) is 5.64. The Kier molecular flexibility index (Phi) is 8.69. The number of ether oxygens (including phenoxy) is 4. The first-order chi connectivity index (χ1) is 16.5. The fraction of sp³-hybridized carbons (Fsp3) is 0.292. The maximum Gasteiger partial charge on any atom is 0.341 e. The molecule has 34 heavy (non-hydrogen) atoms. The smallest absolute Gasteiger partial charge is 0.341 e. The fourth-order valence-electron chi connectivity index (χ4n) is 3.13. The highest BCUT2D eigenvalue weighted by molar-refractivity contribution is 7.15. The summed E-state index contributed by atoms with van der Waals surface area (Å²) in [6.45, 7) is 1.38. The van der Waals surface area contributed by atoms with Crippen molar-refractivity contribution in [2.75, 3.05) is 32.8 Å². The molecule has 3 rings (SSSR count). The molecule has 3 aromatic rings. The summed E-state index contributed by atoms with van der Waals surface area (Å²) in [6.07, 6.45) is 1.98. The molecule has 0 aliphatic carbocycles. The number of methoxy groups -OCH3 is 2. The molecular formula is C24H25NO8S. The molecule has 0 bridgehead atoms. The van der Waals surface area contributed by atoms with E-state index in [2.05, 4.69) is 5.32 Å². The average molecular weight is 488 g/mol. The molecule has 1 N–H and O–H groups in total. The van der Waals surface area contributed by atoms with Crippen LogP contribution < -0.4 is 14.8 Å². The minimum atomic E-state index is -0.586. The Labute approximate surface area is 200 Å². The molecule has 180 valence electrons.